The van der Waals surface area contributed by atoms with E-state index in [0.29, 0.717) is 18.9 Å². The van der Waals surface area contributed by atoms with Crippen molar-refractivity contribution >= 4 is 11.7 Å². The molecule has 0 N–H and O–H groups in total. The summed E-state index contributed by atoms with van der Waals surface area (Å²) in [7, 11) is 1.99. The van der Waals surface area contributed by atoms with Crippen LogP contribution in [0.3, 0.4) is 0 Å². The molecule has 0 unspecified atom stereocenters. The second kappa shape index (κ2) is 8.89. The number of carbonyl (C=O) groups excluding carboxylic acids is 2. The molecule has 0 atom stereocenters. The Hall–Kier alpha value is -2.17. The summed E-state index contributed by atoms with van der Waals surface area (Å²) in [4.78, 5) is 33.0. The van der Waals surface area contributed by atoms with Crippen LogP contribution in [0, 0.1) is 13.8 Å². The highest BCUT2D eigenvalue weighted by Crippen LogP contribution is 2.32. The van der Waals surface area contributed by atoms with Crippen molar-refractivity contribution < 1.29 is 9.59 Å². The average molecular weight is 384 g/mol. The molecule has 152 valence electrons. The number of ketones is 1. The summed E-state index contributed by atoms with van der Waals surface area (Å²) in [6.07, 6.45) is 7.44. The number of carbonyl (C=O) groups is 2. The maximum absolute atomic E-state index is 12.8. The van der Waals surface area contributed by atoms with Gasteiger partial charge in [0.05, 0.1) is 6.54 Å². The fourth-order valence-corrected chi connectivity index (χ4v) is 4.61. The van der Waals surface area contributed by atoms with Gasteiger partial charge in [0.15, 0.2) is 0 Å². The van der Waals surface area contributed by atoms with Gasteiger partial charge in [0.2, 0.25) is 5.91 Å². The summed E-state index contributed by atoms with van der Waals surface area (Å²) in [5.41, 5.74) is 6.21. The number of hydrogen-bond donors (Lipinski definition) is 0. The third-order valence-corrected chi connectivity index (χ3v) is 6.34. The molecule has 2 heterocycles. The number of allylic oxidation sites excluding steroid dienone is 2. The monoisotopic (exact) mass is 383 g/mol. The first-order valence-corrected chi connectivity index (χ1v) is 10.5. The minimum atomic E-state index is 0.191. The minimum Gasteiger partial charge on any atom is -0.369 e. The lowest BCUT2D eigenvalue weighted by Gasteiger charge is -2.34. The summed E-state index contributed by atoms with van der Waals surface area (Å²) < 4.78 is 0. The van der Waals surface area contributed by atoms with E-state index >= 15 is 0 Å². The maximum atomic E-state index is 12.8. The third kappa shape index (κ3) is 4.62. The van der Waals surface area contributed by atoms with Gasteiger partial charge in [0, 0.05) is 50.1 Å². The number of aryl methyl sites for hydroxylation is 1. The average Bonchev–Trinajstić information content (AvgIpc) is 3.11. The van der Waals surface area contributed by atoms with Gasteiger partial charge in [-0.2, -0.15) is 0 Å². The van der Waals surface area contributed by atoms with E-state index in [2.05, 4.69) is 29.8 Å². The summed E-state index contributed by atoms with van der Waals surface area (Å²) in [5, 5.41) is 0. The van der Waals surface area contributed by atoms with E-state index in [9.17, 15) is 9.59 Å². The molecule has 0 saturated carbocycles. The summed E-state index contributed by atoms with van der Waals surface area (Å²) in [6, 6.07) is 2.06. The fourth-order valence-electron chi connectivity index (χ4n) is 4.61. The topological polar surface area (TPSA) is 53.5 Å². The Bertz CT molecular complexity index is 776. The lowest BCUT2D eigenvalue weighted by molar-refractivity contribution is -0.132. The van der Waals surface area contributed by atoms with E-state index in [1.807, 2.05) is 18.1 Å². The molecule has 0 radical (unpaired) electrons. The molecule has 3 rings (SSSR count). The van der Waals surface area contributed by atoms with Gasteiger partial charge in [-0.05, 0) is 75.6 Å². The lowest BCUT2D eigenvalue weighted by atomic mass is 9.89. The highest BCUT2D eigenvalue weighted by molar-refractivity contribution is 5.79. The first-order chi connectivity index (χ1) is 13.4. The second-order valence-corrected chi connectivity index (χ2v) is 8.43. The Labute approximate surface area is 168 Å². The predicted molar refractivity (Wildman–Crippen MR) is 111 cm³/mol. The molecule has 5 nitrogen and oxygen atoms in total. The zero-order valence-corrected chi connectivity index (χ0v) is 17.8. The Morgan fingerprint density at radius 2 is 1.93 bits per heavy atom. The van der Waals surface area contributed by atoms with Gasteiger partial charge >= 0.3 is 0 Å². The normalized spacial score (nSPS) is 17.9. The SMILES string of the molecule is CC(=O)CC1=C(N(C)CC(=O)N2CCC(c3nccc(C)c3C)CC2)CCC1. The maximum Gasteiger partial charge on any atom is 0.242 e. The first-order valence-electron chi connectivity index (χ1n) is 10.5. The molecule has 1 aromatic heterocycles. The van der Waals surface area contributed by atoms with E-state index in [0.717, 1.165) is 45.2 Å². The Morgan fingerprint density at radius 3 is 2.61 bits per heavy atom. The molecule has 1 saturated heterocycles. The third-order valence-electron chi connectivity index (χ3n) is 6.34. The van der Waals surface area contributed by atoms with Crippen molar-refractivity contribution in [1.82, 2.24) is 14.8 Å². The van der Waals surface area contributed by atoms with Gasteiger partial charge in [0.1, 0.15) is 5.78 Å². The zero-order valence-electron chi connectivity index (χ0n) is 17.8. The van der Waals surface area contributed by atoms with Crippen molar-refractivity contribution in [2.45, 2.75) is 65.2 Å². The van der Waals surface area contributed by atoms with Gasteiger partial charge in [-0.25, -0.2) is 0 Å². The smallest absolute Gasteiger partial charge is 0.242 e. The number of amides is 1. The molecule has 28 heavy (non-hydrogen) atoms. The van der Waals surface area contributed by atoms with E-state index in [-0.39, 0.29) is 11.7 Å². The van der Waals surface area contributed by atoms with Crippen molar-refractivity contribution in [2.24, 2.45) is 0 Å². The van der Waals surface area contributed by atoms with Crippen LogP contribution in [-0.4, -0.2) is 53.2 Å². The van der Waals surface area contributed by atoms with Crippen LogP contribution in [0.5, 0.6) is 0 Å². The number of rotatable bonds is 6. The van der Waals surface area contributed by atoms with Gasteiger partial charge < -0.3 is 9.80 Å². The summed E-state index contributed by atoms with van der Waals surface area (Å²) >= 11 is 0. The molecule has 1 aliphatic heterocycles. The van der Waals surface area contributed by atoms with Gasteiger partial charge in [-0.3, -0.25) is 14.6 Å². The molecule has 1 aliphatic carbocycles. The van der Waals surface area contributed by atoms with Crippen LogP contribution in [0.15, 0.2) is 23.5 Å². The van der Waals surface area contributed by atoms with Gasteiger partial charge in [-0.15, -0.1) is 0 Å². The molecule has 2 aliphatic rings. The molecular weight excluding hydrogens is 350 g/mol. The Kier molecular flexibility index (Phi) is 6.53. The molecule has 1 aromatic rings. The van der Waals surface area contributed by atoms with Crippen molar-refractivity contribution in [3.8, 4) is 0 Å². The predicted octanol–water partition coefficient (Wildman–Crippen LogP) is 3.75. The fraction of sp³-hybridized carbons (Fsp3) is 0.609. The highest BCUT2D eigenvalue weighted by atomic mass is 16.2. The molecule has 5 heteroatoms. The quantitative estimate of drug-likeness (QED) is 0.751. The largest absolute Gasteiger partial charge is 0.369 e. The Balaban J connectivity index is 1.56. The molecule has 1 amide bonds. The van der Waals surface area contributed by atoms with Gasteiger partial charge in [-0.1, -0.05) is 0 Å². The molecule has 1 fully saturated rings. The number of nitrogens with zero attached hydrogens (tertiary/aromatic N) is 3. The zero-order chi connectivity index (χ0) is 20.3. The number of likely N-dealkylation sites (tertiary alicyclic amines) is 1. The second-order valence-electron chi connectivity index (χ2n) is 8.43. The van der Waals surface area contributed by atoms with Crippen LogP contribution in [0.4, 0.5) is 0 Å². The van der Waals surface area contributed by atoms with E-state index in [1.54, 1.807) is 6.92 Å². The first kappa shape index (κ1) is 20.6. The number of likely N-dealkylation sites (N-methyl/N-ethyl adjacent to an activating group) is 1. The van der Waals surface area contributed by atoms with E-state index in [1.165, 1.54) is 28.1 Å². The minimum absolute atomic E-state index is 0.191. The van der Waals surface area contributed by atoms with Crippen LogP contribution >= 0.6 is 0 Å². The van der Waals surface area contributed by atoms with Crippen LogP contribution in [0.1, 0.15) is 68.2 Å². The van der Waals surface area contributed by atoms with Crippen molar-refractivity contribution in [3.05, 3.63) is 40.4 Å². The highest BCUT2D eigenvalue weighted by Gasteiger charge is 2.27. The van der Waals surface area contributed by atoms with Gasteiger partial charge in [0.25, 0.3) is 0 Å². The van der Waals surface area contributed by atoms with Crippen molar-refractivity contribution in [3.63, 3.8) is 0 Å². The molecule has 0 bridgehead atoms. The van der Waals surface area contributed by atoms with Crippen LogP contribution in [-0.2, 0) is 9.59 Å². The van der Waals surface area contributed by atoms with E-state index in [4.69, 9.17) is 0 Å². The lowest BCUT2D eigenvalue weighted by Crippen LogP contribution is -2.43. The summed E-state index contributed by atoms with van der Waals surface area (Å²) in [6.45, 7) is 7.93. The van der Waals surface area contributed by atoms with Crippen LogP contribution < -0.4 is 0 Å². The molecule has 0 spiro atoms. The number of Topliss-reactive ketones (excluding diaryl/α,β-unsaturated/α-hetero) is 1. The standard InChI is InChI=1S/C23H33N3O2/c1-16-8-11-24-23(18(16)3)19-9-12-26(13-10-19)22(28)15-25(4)21-7-5-6-20(21)14-17(2)27/h8,11,19H,5-7,9-10,12-15H2,1-4H3. The van der Waals surface area contributed by atoms with E-state index < -0.39 is 0 Å². The number of hydrogen-bond acceptors (Lipinski definition) is 4. The summed E-state index contributed by atoms with van der Waals surface area (Å²) in [5.74, 6) is 0.842. The van der Waals surface area contributed by atoms with Crippen LogP contribution in [0.2, 0.25) is 0 Å². The van der Waals surface area contributed by atoms with Crippen molar-refractivity contribution in [1.29, 1.82) is 0 Å². The molecule has 0 aromatic carbocycles. The Morgan fingerprint density at radius 1 is 1.21 bits per heavy atom. The number of piperidine rings is 1. The number of aromatic nitrogens is 1. The van der Waals surface area contributed by atoms with Crippen LogP contribution in [0.25, 0.3) is 0 Å². The van der Waals surface area contributed by atoms with Crippen molar-refractivity contribution in [2.75, 3.05) is 26.7 Å². The molecular formula is C23H33N3O2. The number of pyridine rings is 1.